The summed E-state index contributed by atoms with van der Waals surface area (Å²) in [4.78, 5) is 14.0. The zero-order valence-corrected chi connectivity index (χ0v) is 12.2. The van der Waals surface area contributed by atoms with Crippen molar-refractivity contribution in [1.29, 1.82) is 0 Å². The van der Waals surface area contributed by atoms with Gasteiger partial charge in [0.1, 0.15) is 0 Å². The Morgan fingerprint density at radius 1 is 1.00 bits per heavy atom. The molecule has 0 bridgehead atoms. The third kappa shape index (κ3) is 3.45. The van der Waals surface area contributed by atoms with Crippen LogP contribution in [-0.4, -0.2) is 24.2 Å². The molecule has 2 heterocycles. The Kier molecular flexibility index (Phi) is 4.24. The molecule has 4 nitrogen and oxygen atoms in total. The van der Waals surface area contributed by atoms with E-state index in [9.17, 15) is 4.79 Å². The summed E-state index contributed by atoms with van der Waals surface area (Å²) in [5.74, 6) is 0. The number of pyridine rings is 1. The molecule has 1 N–H and O–H groups in total. The second-order valence-electron chi connectivity index (χ2n) is 5.40. The third-order valence-electron chi connectivity index (χ3n) is 3.92. The van der Waals surface area contributed by atoms with Crippen LogP contribution in [-0.2, 0) is 6.54 Å². The fourth-order valence-corrected chi connectivity index (χ4v) is 2.73. The Morgan fingerprint density at radius 3 is 2.48 bits per heavy atom. The minimum atomic E-state index is 0.0451. The number of aromatic nitrogens is 1. The predicted molar refractivity (Wildman–Crippen MR) is 87.1 cm³/mol. The van der Waals surface area contributed by atoms with Crippen molar-refractivity contribution in [2.75, 3.05) is 29.9 Å². The van der Waals surface area contributed by atoms with Crippen molar-refractivity contribution < 1.29 is 0 Å². The van der Waals surface area contributed by atoms with Crippen molar-refractivity contribution in [3.8, 4) is 0 Å². The molecule has 0 saturated carbocycles. The predicted octanol–water partition coefficient (Wildman–Crippen LogP) is 2.56. The van der Waals surface area contributed by atoms with Crippen LogP contribution in [0.3, 0.4) is 0 Å². The number of nitrogens with one attached hydrogen (secondary N) is 1. The van der Waals surface area contributed by atoms with Crippen molar-refractivity contribution in [2.24, 2.45) is 0 Å². The number of rotatable bonds is 5. The van der Waals surface area contributed by atoms with Gasteiger partial charge in [0.15, 0.2) is 0 Å². The molecule has 3 rings (SSSR count). The van der Waals surface area contributed by atoms with Crippen LogP contribution >= 0.6 is 0 Å². The van der Waals surface area contributed by atoms with Gasteiger partial charge in [-0.25, -0.2) is 0 Å². The molecule has 21 heavy (non-hydrogen) atoms. The summed E-state index contributed by atoms with van der Waals surface area (Å²) in [6.07, 6.45) is 4.41. The first kappa shape index (κ1) is 13.7. The first-order valence-corrected chi connectivity index (χ1v) is 7.57. The second-order valence-corrected chi connectivity index (χ2v) is 5.40. The van der Waals surface area contributed by atoms with Gasteiger partial charge in [-0.2, -0.15) is 0 Å². The Balaban J connectivity index is 1.53. The van der Waals surface area contributed by atoms with Gasteiger partial charge in [-0.1, -0.05) is 6.07 Å². The average Bonchev–Trinajstić information content (AvgIpc) is 3.04. The standard InChI is InChI=1S/C17H21N3O/c21-17-5-1-2-13-20(17)14-10-18-15-6-8-16(9-7-15)19-11-3-4-12-19/h1-2,5-9,13,18H,3-4,10-12,14H2. The van der Waals surface area contributed by atoms with Gasteiger partial charge in [-0.15, -0.1) is 0 Å². The van der Waals surface area contributed by atoms with Crippen LogP contribution < -0.4 is 15.8 Å². The topological polar surface area (TPSA) is 37.3 Å². The maximum atomic E-state index is 11.6. The van der Waals surface area contributed by atoms with Crippen LogP contribution in [0, 0.1) is 0 Å². The molecule has 0 aliphatic carbocycles. The molecule has 110 valence electrons. The molecule has 0 spiro atoms. The van der Waals surface area contributed by atoms with Gasteiger partial charge in [0, 0.05) is 49.8 Å². The Labute approximate surface area is 125 Å². The summed E-state index contributed by atoms with van der Waals surface area (Å²) in [7, 11) is 0. The van der Waals surface area contributed by atoms with Crippen LogP contribution in [0.1, 0.15) is 12.8 Å². The van der Waals surface area contributed by atoms with E-state index < -0.39 is 0 Å². The smallest absolute Gasteiger partial charge is 0.250 e. The minimum absolute atomic E-state index is 0.0451. The number of hydrogen-bond donors (Lipinski definition) is 1. The minimum Gasteiger partial charge on any atom is -0.383 e. The van der Waals surface area contributed by atoms with E-state index in [0.717, 1.165) is 12.2 Å². The molecule has 2 aromatic rings. The maximum absolute atomic E-state index is 11.6. The van der Waals surface area contributed by atoms with Crippen LogP contribution in [0.15, 0.2) is 53.5 Å². The molecule has 1 aliphatic heterocycles. The molecule has 0 radical (unpaired) electrons. The molecule has 1 fully saturated rings. The van der Waals surface area contributed by atoms with E-state index in [1.165, 1.54) is 31.6 Å². The Bertz CT molecular complexity index is 627. The third-order valence-corrected chi connectivity index (χ3v) is 3.92. The molecule has 1 saturated heterocycles. The molecule has 0 atom stereocenters. The normalized spacial score (nSPS) is 14.4. The van der Waals surface area contributed by atoms with E-state index in [1.807, 2.05) is 12.3 Å². The lowest BCUT2D eigenvalue weighted by Crippen LogP contribution is -2.22. The van der Waals surface area contributed by atoms with Gasteiger partial charge in [0.2, 0.25) is 0 Å². The van der Waals surface area contributed by atoms with Crippen LogP contribution in [0.2, 0.25) is 0 Å². The van der Waals surface area contributed by atoms with E-state index >= 15 is 0 Å². The summed E-state index contributed by atoms with van der Waals surface area (Å²) in [6, 6.07) is 13.8. The van der Waals surface area contributed by atoms with E-state index in [1.54, 1.807) is 16.7 Å². The Hall–Kier alpha value is -2.23. The fourth-order valence-electron chi connectivity index (χ4n) is 2.73. The highest BCUT2D eigenvalue weighted by molar-refractivity contribution is 5.55. The largest absolute Gasteiger partial charge is 0.383 e. The molecule has 1 aliphatic rings. The quantitative estimate of drug-likeness (QED) is 0.916. The first-order valence-electron chi connectivity index (χ1n) is 7.57. The molecule has 1 aromatic carbocycles. The zero-order chi connectivity index (χ0) is 14.5. The van der Waals surface area contributed by atoms with Crippen molar-refractivity contribution >= 4 is 11.4 Å². The van der Waals surface area contributed by atoms with Crippen molar-refractivity contribution in [3.63, 3.8) is 0 Å². The van der Waals surface area contributed by atoms with Gasteiger partial charge < -0.3 is 14.8 Å². The van der Waals surface area contributed by atoms with Crippen LogP contribution in [0.5, 0.6) is 0 Å². The van der Waals surface area contributed by atoms with Gasteiger partial charge in [-0.05, 0) is 43.2 Å². The number of anilines is 2. The molecule has 4 heteroatoms. The van der Waals surface area contributed by atoms with Gasteiger partial charge in [-0.3, -0.25) is 4.79 Å². The summed E-state index contributed by atoms with van der Waals surface area (Å²) < 4.78 is 1.71. The van der Waals surface area contributed by atoms with Crippen LogP contribution in [0.4, 0.5) is 11.4 Å². The van der Waals surface area contributed by atoms with Gasteiger partial charge in [0.25, 0.3) is 5.56 Å². The highest BCUT2D eigenvalue weighted by atomic mass is 16.1. The lowest BCUT2D eigenvalue weighted by molar-refractivity contribution is 0.697. The SMILES string of the molecule is O=c1ccccn1CCNc1ccc(N2CCCC2)cc1. The highest BCUT2D eigenvalue weighted by Gasteiger charge is 2.11. The van der Waals surface area contributed by atoms with E-state index in [-0.39, 0.29) is 5.56 Å². The number of benzene rings is 1. The van der Waals surface area contributed by atoms with Crippen LogP contribution in [0.25, 0.3) is 0 Å². The summed E-state index contributed by atoms with van der Waals surface area (Å²) in [5, 5.41) is 3.36. The maximum Gasteiger partial charge on any atom is 0.250 e. The molecular weight excluding hydrogens is 262 g/mol. The summed E-state index contributed by atoms with van der Waals surface area (Å²) >= 11 is 0. The van der Waals surface area contributed by atoms with E-state index in [2.05, 4.69) is 34.5 Å². The van der Waals surface area contributed by atoms with Gasteiger partial charge >= 0.3 is 0 Å². The average molecular weight is 283 g/mol. The number of nitrogens with zero attached hydrogens (tertiary/aromatic N) is 2. The van der Waals surface area contributed by atoms with Crippen molar-refractivity contribution in [3.05, 3.63) is 59.0 Å². The van der Waals surface area contributed by atoms with E-state index in [4.69, 9.17) is 0 Å². The molecule has 0 amide bonds. The molecule has 0 unspecified atom stereocenters. The zero-order valence-electron chi connectivity index (χ0n) is 12.2. The fraction of sp³-hybridized carbons (Fsp3) is 0.353. The Morgan fingerprint density at radius 2 is 1.76 bits per heavy atom. The van der Waals surface area contributed by atoms with Crippen molar-refractivity contribution in [2.45, 2.75) is 19.4 Å². The molecular formula is C17H21N3O. The van der Waals surface area contributed by atoms with Gasteiger partial charge in [0.05, 0.1) is 0 Å². The number of hydrogen-bond acceptors (Lipinski definition) is 3. The molecule has 1 aromatic heterocycles. The first-order chi connectivity index (χ1) is 10.3. The monoisotopic (exact) mass is 283 g/mol. The lowest BCUT2D eigenvalue weighted by atomic mass is 10.2. The van der Waals surface area contributed by atoms with Crippen molar-refractivity contribution in [1.82, 2.24) is 4.57 Å². The summed E-state index contributed by atoms with van der Waals surface area (Å²) in [6.45, 7) is 3.76. The second kappa shape index (κ2) is 6.48. The van der Waals surface area contributed by atoms with E-state index in [0.29, 0.717) is 6.54 Å². The summed E-state index contributed by atoms with van der Waals surface area (Å²) in [5.41, 5.74) is 2.45. The lowest BCUT2D eigenvalue weighted by Gasteiger charge is -2.18. The highest BCUT2D eigenvalue weighted by Crippen LogP contribution is 2.21.